The van der Waals surface area contributed by atoms with Gasteiger partial charge < -0.3 is 20.1 Å². The van der Waals surface area contributed by atoms with Crippen LogP contribution in [-0.4, -0.2) is 73.1 Å². The minimum Gasteiger partial charge on any atom is -0.438 e. The van der Waals surface area contributed by atoms with Gasteiger partial charge in [-0.05, 0) is 35.4 Å². The lowest BCUT2D eigenvalue weighted by Gasteiger charge is -2.28. The van der Waals surface area contributed by atoms with Gasteiger partial charge in [0.15, 0.2) is 12.1 Å². The summed E-state index contributed by atoms with van der Waals surface area (Å²) in [5.74, 6) is -1.50. The Morgan fingerprint density at radius 1 is 0.925 bits per heavy atom. The van der Waals surface area contributed by atoms with Crippen molar-refractivity contribution in [1.29, 1.82) is 0 Å². The lowest BCUT2D eigenvalue weighted by Crippen LogP contribution is -2.48. The van der Waals surface area contributed by atoms with Crippen molar-refractivity contribution < 1.29 is 28.2 Å². The summed E-state index contributed by atoms with van der Waals surface area (Å²) in [6, 6.07) is 20.9. The molecule has 10 heteroatoms. The standard InChI is InChI=1S/C30H31FN4O5/c31-25-9-5-4-8-24(25)28(36)33-23-12-10-22(11-13-23)27-26(29(37)32-14-15-34-16-18-39-19-17-34)35(30(38)40-27)20-21-6-2-1-3-7-21/h1-13,26-27H,14-20H2,(H,32,37)(H,33,36). The van der Waals surface area contributed by atoms with Crippen LogP contribution in [0.5, 0.6) is 0 Å². The molecule has 2 aliphatic heterocycles. The molecule has 5 rings (SSSR count). The third-order valence-electron chi connectivity index (χ3n) is 7.00. The van der Waals surface area contributed by atoms with Gasteiger partial charge in [-0.2, -0.15) is 0 Å². The summed E-state index contributed by atoms with van der Waals surface area (Å²) in [7, 11) is 0. The molecule has 3 aromatic rings. The van der Waals surface area contributed by atoms with E-state index >= 15 is 0 Å². The lowest BCUT2D eigenvalue weighted by atomic mass is 10.00. The number of carbonyl (C=O) groups is 3. The van der Waals surface area contributed by atoms with E-state index in [1.54, 1.807) is 30.3 Å². The average Bonchev–Trinajstić information content (AvgIpc) is 3.30. The summed E-state index contributed by atoms with van der Waals surface area (Å²) >= 11 is 0. The molecule has 0 aliphatic carbocycles. The van der Waals surface area contributed by atoms with E-state index in [0.717, 1.165) is 18.7 Å². The minimum absolute atomic E-state index is 0.0679. The number of hydrogen-bond acceptors (Lipinski definition) is 6. The molecule has 3 amide bonds. The third kappa shape index (κ3) is 6.47. The van der Waals surface area contributed by atoms with Crippen LogP contribution >= 0.6 is 0 Å². The van der Waals surface area contributed by atoms with E-state index in [1.807, 2.05) is 30.3 Å². The highest BCUT2D eigenvalue weighted by Gasteiger charge is 2.46. The van der Waals surface area contributed by atoms with Gasteiger partial charge in [0.1, 0.15) is 5.82 Å². The van der Waals surface area contributed by atoms with Crippen LogP contribution in [0.4, 0.5) is 14.9 Å². The molecule has 2 unspecified atom stereocenters. The Hall–Kier alpha value is -4.28. The largest absolute Gasteiger partial charge is 0.438 e. The van der Waals surface area contributed by atoms with E-state index in [1.165, 1.54) is 23.1 Å². The topological polar surface area (TPSA) is 100 Å². The quantitative estimate of drug-likeness (QED) is 0.426. The fourth-order valence-electron chi connectivity index (χ4n) is 4.86. The molecule has 0 spiro atoms. The zero-order valence-corrected chi connectivity index (χ0v) is 21.9. The Morgan fingerprint density at radius 3 is 2.35 bits per heavy atom. The zero-order chi connectivity index (χ0) is 27.9. The zero-order valence-electron chi connectivity index (χ0n) is 21.9. The van der Waals surface area contributed by atoms with Crippen molar-refractivity contribution in [2.24, 2.45) is 0 Å². The first-order chi connectivity index (χ1) is 19.5. The molecule has 2 fully saturated rings. The van der Waals surface area contributed by atoms with Crippen molar-refractivity contribution >= 4 is 23.6 Å². The first kappa shape index (κ1) is 27.3. The number of ether oxygens (including phenoxy) is 2. The highest BCUT2D eigenvalue weighted by atomic mass is 19.1. The van der Waals surface area contributed by atoms with E-state index in [4.69, 9.17) is 9.47 Å². The summed E-state index contributed by atoms with van der Waals surface area (Å²) in [5.41, 5.74) is 1.84. The number of hydrogen-bond donors (Lipinski definition) is 2. The number of carbonyl (C=O) groups excluding carboxylic acids is 3. The molecule has 208 valence electrons. The molecule has 2 saturated heterocycles. The number of nitrogens with zero attached hydrogens (tertiary/aromatic N) is 2. The molecule has 0 radical (unpaired) electrons. The van der Waals surface area contributed by atoms with E-state index in [0.29, 0.717) is 37.6 Å². The van der Waals surface area contributed by atoms with Crippen LogP contribution < -0.4 is 10.6 Å². The third-order valence-corrected chi connectivity index (χ3v) is 7.00. The van der Waals surface area contributed by atoms with Gasteiger partial charge in [-0.15, -0.1) is 0 Å². The number of cyclic esters (lactones) is 1. The summed E-state index contributed by atoms with van der Waals surface area (Å²) in [5, 5.41) is 5.65. The van der Waals surface area contributed by atoms with E-state index in [-0.39, 0.29) is 18.0 Å². The maximum atomic E-state index is 14.0. The molecule has 2 atom stereocenters. The molecule has 40 heavy (non-hydrogen) atoms. The number of benzene rings is 3. The van der Waals surface area contributed by atoms with Gasteiger partial charge in [0.2, 0.25) is 5.91 Å². The number of nitrogens with one attached hydrogen (secondary N) is 2. The van der Waals surface area contributed by atoms with Gasteiger partial charge in [-0.25, -0.2) is 9.18 Å². The van der Waals surface area contributed by atoms with Crippen LogP contribution in [0.3, 0.4) is 0 Å². The van der Waals surface area contributed by atoms with Gasteiger partial charge >= 0.3 is 6.09 Å². The van der Waals surface area contributed by atoms with Crippen molar-refractivity contribution in [3.8, 4) is 0 Å². The normalized spacial score (nSPS) is 19.2. The second kappa shape index (κ2) is 12.7. The second-order valence-corrected chi connectivity index (χ2v) is 9.66. The van der Waals surface area contributed by atoms with Gasteiger partial charge in [0, 0.05) is 31.9 Å². The van der Waals surface area contributed by atoms with Gasteiger partial charge in [0.25, 0.3) is 5.91 Å². The van der Waals surface area contributed by atoms with E-state index < -0.39 is 30.0 Å². The lowest BCUT2D eigenvalue weighted by molar-refractivity contribution is -0.126. The van der Waals surface area contributed by atoms with Crippen molar-refractivity contribution in [2.45, 2.75) is 18.7 Å². The number of anilines is 1. The van der Waals surface area contributed by atoms with Gasteiger partial charge in [0.05, 0.1) is 25.3 Å². The Bertz CT molecular complexity index is 1330. The van der Waals surface area contributed by atoms with Crippen LogP contribution in [0, 0.1) is 5.82 Å². The van der Waals surface area contributed by atoms with Crippen LogP contribution in [-0.2, 0) is 20.8 Å². The van der Waals surface area contributed by atoms with E-state index in [9.17, 15) is 18.8 Å². The highest BCUT2D eigenvalue weighted by Crippen LogP contribution is 2.34. The van der Waals surface area contributed by atoms with Crippen LogP contribution in [0.15, 0.2) is 78.9 Å². The predicted octanol–water partition coefficient (Wildman–Crippen LogP) is 3.59. The van der Waals surface area contributed by atoms with Gasteiger partial charge in [-0.3, -0.25) is 19.4 Å². The summed E-state index contributed by atoms with van der Waals surface area (Å²) in [6.45, 7) is 4.28. The molecule has 3 aromatic carbocycles. The minimum atomic E-state index is -0.892. The molecule has 2 heterocycles. The molecule has 2 aliphatic rings. The van der Waals surface area contributed by atoms with E-state index in [2.05, 4.69) is 15.5 Å². The Balaban J connectivity index is 1.31. The Morgan fingerprint density at radius 2 is 1.62 bits per heavy atom. The average molecular weight is 547 g/mol. The van der Waals surface area contributed by atoms with Crippen molar-refractivity contribution in [2.75, 3.05) is 44.7 Å². The second-order valence-electron chi connectivity index (χ2n) is 9.66. The molecule has 2 N–H and O–H groups in total. The monoisotopic (exact) mass is 546 g/mol. The number of rotatable bonds is 9. The first-order valence-corrected chi connectivity index (χ1v) is 13.2. The van der Waals surface area contributed by atoms with Crippen LogP contribution in [0.1, 0.15) is 27.6 Å². The summed E-state index contributed by atoms with van der Waals surface area (Å²) in [6.07, 6.45) is -1.44. The predicted molar refractivity (Wildman–Crippen MR) is 146 cm³/mol. The first-order valence-electron chi connectivity index (χ1n) is 13.2. The molecular formula is C30H31FN4O5. The molecule has 9 nitrogen and oxygen atoms in total. The molecule has 0 saturated carbocycles. The highest BCUT2D eigenvalue weighted by molar-refractivity contribution is 6.04. The van der Waals surface area contributed by atoms with Crippen molar-refractivity contribution in [3.05, 3.63) is 101 Å². The van der Waals surface area contributed by atoms with Crippen LogP contribution in [0.25, 0.3) is 0 Å². The maximum absolute atomic E-state index is 14.0. The smallest absolute Gasteiger partial charge is 0.411 e. The number of amides is 3. The SMILES string of the molecule is O=C(Nc1ccc(C2OC(=O)N(Cc3ccccc3)C2C(=O)NCCN2CCOCC2)cc1)c1ccccc1F. The Kier molecular flexibility index (Phi) is 8.68. The summed E-state index contributed by atoms with van der Waals surface area (Å²) < 4.78 is 25.1. The van der Waals surface area contributed by atoms with Crippen molar-refractivity contribution in [3.63, 3.8) is 0 Å². The molecular weight excluding hydrogens is 515 g/mol. The maximum Gasteiger partial charge on any atom is 0.411 e. The number of halogens is 1. The van der Waals surface area contributed by atoms with Crippen LogP contribution in [0.2, 0.25) is 0 Å². The fourth-order valence-corrected chi connectivity index (χ4v) is 4.86. The van der Waals surface area contributed by atoms with Crippen molar-refractivity contribution in [1.82, 2.24) is 15.1 Å². The molecule has 0 bridgehead atoms. The molecule has 0 aromatic heterocycles. The Labute approximate surface area is 231 Å². The summed E-state index contributed by atoms with van der Waals surface area (Å²) in [4.78, 5) is 42.7. The fraction of sp³-hybridized carbons (Fsp3) is 0.300. The number of morpholine rings is 1. The van der Waals surface area contributed by atoms with Gasteiger partial charge in [-0.1, -0.05) is 54.6 Å².